The van der Waals surface area contributed by atoms with Crippen molar-refractivity contribution in [2.75, 3.05) is 45.8 Å². The number of fused-ring (bicyclic) bond motifs is 1. The van der Waals surface area contributed by atoms with Gasteiger partial charge < -0.3 is 10.2 Å². The molecule has 3 heterocycles. The summed E-state index contributed by atoms with van der Waals surface area (Å²) in [5.74, 6) is 0. The largest absolute Gasteiger partial charge is 0.316 e. The highest BCUT2D eigenvalue weighted by Crippen LogP contribution is 2.38. The number of rotatable bonds is 4. The average molecular weight is 418 g/mol. The van der Waals surface area contributed by atoms with Gasteiger partial charge in [-0.1, -0.05) is 13.0 Å². The molecule has 1 atom stereocenters. The van der Waals surface area contributed by atoms with Crippen molar-refractivity contribution in [2.45, 2.75) is 18.2 Å². The lowest BCUT2D eigenvalue weighted by atomic mass is 9.89. The van der Waals surface area contributed by atoms with Crippen LogP contribution in [0.4, 0.5) is 11.4 Å². The van der Waals surface area contributed by atoms with Crippen LogP contribution < -0.4 is 5.32 Å². The zero-order valence-electron chi connectivity index (χ0n) is 14.7. The van der Waals surface area contributed by atoms with Gasteiger partial charge in [-0.2, -0.15) is 13.0 Å². The quantitative estimate of drug-likeness (QED) is 0.826. The van der Waals surface area contributed by atoms with Gasteiger partial charge in [-0.25, -0.2) is 8.42 Å². The number of hydrogen-bond donors (Lipinski definition) is 1. The van der Waals surface area contributed by atoms with Gasteiger partial charge in [0.25, 0.3) is 0 Å². The molecule has 0 amide bonds. The van der Waals surface area contributed by atoms with Gasteiger partial charge in [0.1, 0.15) is 16.3 Å². The molecule has 2 saturated heterocycles. The Balaban J connectivity index is 0.00000196. The SMILES string of the molecule is CC1(CN2CCN(S(=O)(=O)c3cccc4c3N=S=N4)CC2)CCNC1.Cl. The third kappa shape index (κ3) is 3.74. The normalized spacial score (nSPS) is 26.3. The van der Waals surface area contributed by atoms with Gasteiger partial charge >= 0.3 is 0 Å². The number of nitrogens with one attached hydrogen (secondary N) is 1. The number of sulfonamides is 1. The summed E-state index contributed by atoms with van der Waals surface area (Å²) in [5.41, 5.74) is 1.43. The highest BCUT2D eigenvalue weighted by molar-refractivity contribution is 7.89. The maximum absolute atomic E-state index is 13.0. The summed E-state index contributed by atoms with van der Waals surface area (Å²) in [4.78, 5) is 2.67. The first-order valence-corrected chi connectivity index (χ1v) is 10.8. The Morgan fingerprint density at radius 3 is 2.69 bits per heavy atom. The fourth-order valence-corrected chi connectivity index (χ4v) is 5.97. The summed E-state index contributed by atoms with van der Waals surface area (Å²) in [6.07, 6.45) is 1.18. The minimum Gasteiger partial charge on any atom is -0.316 e. The fourth-order valence-electron chi connectivity index (χ4n) is 3.80. The molecule has 10 heteroatoms. The number of halogens is 1. The first-order chi connectivity index (χ1) is 12.0. The molecule has 4 rings (SSSR count). The molecule has 1 aromatic carbocycles. The van der Waals surface area contributed by atoms with Crippen LogP contribution in [0.25, 0.3) is 0 Å². The number of hydrogen-bond acceptors (Lipinski definition) is 6. The van der Waals surface area contributed by atoms with Crippen molar-refractivity contribution in [2.24, 2.45) is 14.1 Å². The molecule has 26 heavy (non-hydrogen) atoms. The summed E-state index contributed by atoms with van der Waals surface area (Å²) in [6, 6.07) is 5.17. The highest BCUT2D eigenvalue weighted by Gasteiger charge is 2.35. The average Bonchev–Trinajstić information content (AvgIpc) is 3.23. The lowest BCUT2D eigenvalue weighted by Gasteiger charge is -2.38. The van der Waals surface area contributed by atoms with E-state index in [9.17, 15) is 8.42 Å². The van der Waals surface area contributed by atoms with E-state index < -0.39 is 10.0 Å². The molecule has 2 fully saturated rings. The van der Waals surface area contributed by atoms with Crippen molar-refractivity contribution in [1.82, 2.24) is 14.5 Å². The van der Waals surface area contributed by atoms with E-state index >= 15 is 0 Å². The third-order valence-electron chi connectivity index (χ3n) is 5.26. The van der Waals surface area contributed by atoms with Gasteiger partial charge in [-0.3, -0.25) is 0 Å². The van der Waals surface area contributed by atoms with Crippen LogP contribution in [0.3, 0.4) is 0 Å². The first-order valence-electron chi connectivity index (χ1n) is 8.63. The monoisotopic (exact) mass is 417 g/mol. The van der Waals surface area contributed by atoms with Crippen molar-refractivity contribution >= 4 is 45.2 Å². The van der Waals surface area contributed by atoms with Crippen molar-refractivity contribution in [3.8, 4) is 0 Å². The van der Waals surface area contributed by atoms with E-state index in [1.807, 2.05) is 0 Å². The molecule has 0 aliphatic carbocycles. The molecule has 1 unspecified atom stereocenters. The van der Waals surface area contributed by atoms with Crippen LogP contribution in [0.2, 0.25) is 0 Å². The Hall–Kier alpha value is -0.840. The Bertz CT molecular complexity index is 840. The highest BCUT2D eigenvalue weighted by atomic mass is 35.5. The van der Waals surface area contributed by atoms with Crippen molar-refractivity contribution < 1.29 is 8.42 Å². The lowest BCUT2D eigenvalue weighted by molar-refractivity contribution is 0.132. The summed E-state index contributed by atoms with van der Waals surface area (Å²) in [5, 5.41) is 3.43. The summed E-state index contributed by atoms with van der Waals surface area (Å²) in [7, 11) is -3.53. The predicted molar refractivity (Wildman–Crippen MR) is 106 cm³/mol. The molecular weight excluding hydrogens is 394 g/mol. The minimum atomic E-state index is -3.53. The maximum Gasteiger partial charge on any atom is 0.245 e. The zero-order chi connectivity index (χ0) is 17.5. The first kappa shape index (κ1) is 19.9. The smallest absolute Gasteiger partial charge is 0.245 e. The van der Waals surface area contributed by atoms with Crippen LogP contribution in [-0.2, 0) is 21.4 Å². The number of nitrogens with zero attached hydrogens (tertiary/aromatic N) is 4. The standard InChI is InChI=1S/C16H23N5O2S2.ClH/c1-16(5-6-17-11-16)12-20-7-9-21(10-8-20)25(22,23)14-4-2-3-13-15(14)19-24-18-13;/h2-4,17H,5-12H2,1H3;1H. The van der Waals surface area contributed by atoms with Gasteiger partial charge in [0, 0.05) is 39.3 Å². The molecule has 144 valence electrons. The van der Waals surface area contributed by atoms with Gasteiger partial charge in [-0.05, 0) is 30.5 Å². The van der Waals surface area contributed by atoms with Crippen LogP contribution in [-0.4, -0.2) is 63.4 Å². The van der Waals surface area contributed by atoms with E-state index in [2.05, 4.69) is 25.9 Å². The zero-order valence-corrected chi connectivity index (χ0v) is 17.2. The van der Waals surface area contributed by atoms with E-state index in [-0.39, 0.29) is 17.3 Å². The van der Waals surface area contributed by atoms with Crippen LogP contribution in [0, 0.1) is 5.41 Å². The molecule has 0 radical (unpaired) electrons. The van der Waals surface area contributed by atoms with Crippen molar-refractivity contribution in [1.29, 1.82) is 0 Å². The maximum atomic E-state index is 13.0. The number of piperazine rings is 1. The summed E-state index contributed by atoms with van der Waals surface area (Å²) in [6.45, 7) is 8.08. The molecule has 0 saturated carbocycles. The Morgan fingerprint density at radius 1 is 1.23 bits per heavy atom. The van der Waals surface area contributed by atoms with Crippen LogP contribution in [0.15, 0.2) is 31.8 Å². The van der Waals surface area contributed by atoms with E-state index in [1.165, 1.54) is 6.42 Å². The second kappa shape index (κ2) is 7.65. The molecule has 1 N–H and O–H groups in total. The van der Waals surface area contributed by atoms with Crippen molar-refractivity contribution in [3.63, 3.8) is 0 Å². The Morgan fingerprint density at radius 2 is 2.00 bits per heavy atom. The Kier molecular flexibility index (Phi) is 5.86. The van der Waals surface area contributed by atoms with E-state index in [1.54, 1.807) is 22.5 Å². The summed E-state index contributed by atoms with van der Waals surface area (Å²) >= 11 is 1.05. The Labute approximate surface area is 164 Å². The van der Waals surface area contributed by atoms with E-state index in [0.29, 0.717) is 29.9 Å². The molecule has 7 nitrogen and oxygen atoms in total. The molecule has 0 aromatic heterocycles. The minimum absolute atomic E-state index is 0. The van der Waals surface area contributed by atoms with E-state index in [0.717, 1.165) is 44.1 Å². The van der Waals surface area contributed by atoms with Crippen molar-refractivity contribution in [3.05, 3.63) is 18.2 Å². The molecule has 0 bridgehead atoms. The van der Waals surface area contributed by atoms with Crippen LogP contribution in [0.5, 0.6) is 0 Å². The fraction of sp³-hybridized carbons (Fsp3) is 0.625. The predicted octanol–water partition coefficient (Wildman–Crippen LogP) is 2.14. The second-order valence-corrected chi connectivity index (χ2v) is 9.74. The van der Waals surface area contributed by atoms with Gasteiger partial charge in [0.15, 0.2) is 0 Å². The van der Waals surface area contributed by atoms with Crippen LogP contribution >= 0.6 is 12.4 Å². The van der Waals surface area contributed by atoms with Gasteiger partial charge in [-0.15, -0.1) is 12.4 Å². The summed E-state index contributed by atoms with van der Waals surface area (Å²) < 4.78 is 36.0. The molecule has 3 aliphatic heterocycles. The second-order valence-electron chi connectivity index (χ2n) is 7.31. The molecular formula is C16H24ClN5O2S2. The van der Waals surface area contributed by atoms with Gasteiger partial charge in [0.05, 0.1) is 11.4 Å². The molecule has 1 aromatic rings. The topological polar surface area (TPSA) is 77.4 Å². The van der Waals surface area contributed by atoms with E-state index in [4.69, 9.17) is 0 Å². The number of benzene rings is 1. The third-order valence-corrected chi connectivity index (χ3v) is 7.73. The van der Waals surface area contributed by atoms with Crippen LogP contribution in [0.1, 0.15) is 13.3 Å². The lowest BCUT2D eigenvalue weighted by Crippen LogP contribution is -2.51. The molecule has 3 aliphatic rings. The van der Waals surface area contributed by atoms with Gasteiger partial charge in [0.2, 0.25) is 10.0 Å². The molecule has 0 spiro atoms.